The molecule has 2 aliphatic heterocycles. The smallest absolute Gasteiger partial charge is 0.137 e. The van der Waals surface area contributed by atoms with Crippen LogP contribution in [0.1, 0.15) is 32.1 Å². The molecule has 100 valence electrons. The van der Waals surface area contributed by atoms with Crippen molar-refractivity contribution in [3.05, 3.63) is 29.6 Å². The van der Waals surface area contributed by atoms with Crippen LogP contribution in [0.5, 0.6) is 5.75 Å². The molecule has 2 nitrogen and oxygen atoms in total. The Labute approximate surface area is 117 Å². The van der Waals surface area contributed by atoms with Gasteiger partial charge < -0.3 is 10.1 Å². The maximum atomic E-state index is 6.33. The van der Waals surface area contributed by atoms with Gasteiger partial charge in [0.05, 0.1) is 4.70 Å². The van der Waals surface area contributed by atoms with Gasteiger partial charge in [0.25, 0.3) is 0 Å². The first-order valence-electron chi connectivity index (χ1n) is 7.27. The van der Waals surface area contributed by atoms with E-state index in [2.05, 4.69) is 35.0 Å². The van der Waals surface area contributed by atoms with Crippen molar-refractivity contribution in [2.45, 2.75) is 50.3 Å². The molecule has 0 amide bonds. The van der Waals surface area contributed by atoms with E-state index in [1.165, 1.54) is 29.3 Å². The molecule has 19 heavy (non-hydrogen) atoms. The lowest BCUT2D eigenvalue weighted by Gasteiger charge is -2.40. The topological polar surface area (TPSA) is 21.3 Å². The van der Waals surface area contributed by atoms with Gasteiger partial charge in [0, 0.05) is 12.1 Å². The average Bonchev–Trinajstić information content (AvgIpc) is 2.88. The van der Waals surface area contributed by atoms with E-state index < -0.39 is 0 Å². The number of nitrogens with one attached hydrogen (secondary N) is 1. The fourth-order valence-corrected chi connectivity index (χ4v) is 4.40. The van der Waals surface area contributed by atoms with E-state index in [4.69, 9.17) is 4.74 Å². The van der Waals surface area contributed by atoms with Crippen molar-refractivity contribution >= 4 is 21.4 Å². The number of hydrogen-bond acceptors (Lipinski definition) is 3. The third-order valence-corrected chi connectivity index (χ3v) is 5.35. The SMILES string of the molecule is c1cc(OC2CC3CCCC(C2)N3)c2sccc2c1. The van der Waals surface area contributed by atoms with Gasteiger partial charge in [0.2, 0.25) is 0 Å². The second kappa shape index (κ2) is 4.80. The molecular formula is C16H19NOS. The molecule has 2 unspecified atom stereocenters. The van der Waals surface area contributed by atoms with Crippen molar-refractivity contribution < 1.29 is 4.74 Å². The van der Waals surface area contributed by atoms with Crippen LogP contribution < -0.4 is 10.1 Å². The molecule has 1 N–H and O–H groups in total. The molecule has 3 heterocycles. The zero-order valence-corrected chi connectivity index (χ0v) is 11.8. The molecule has 2 saturated heterocycles. The van der Waals surface area contributed by atoms with E-state index in [0.717, 1.165) is 18.6 Å². The van der Waals surface area contributed by atoms with E-state index in [1.54, 1.807) is 11.3 Å². The van der Waals surface area contributed by atoms with E-state index in [-0.39, 0.29) is 0 Å². The van der Waals surface area contributed by atoms with Crippen molar-refractivity contribution in [3.8, 4) is 5.75 Å². The van der Waals surface area contributed by atoms with Crippen LogP contribution in [0.3, 0.4) is 0 Å². The van der Waals surface area contributed by atoms with Crippen LogP contribution in [-0.4, -0.2) is 18.2 Å². The number of piperidine rings is 2. The minimum absolute atomic E-state index is 0.393. The summed E-state index contributed by atoms with van der Waals surface area (Å²) in [5.74, 6) is 1.08. The lowest BCUT2D eigenvalue weighted by atomic mass is 9.85. The number of thiophene rings is 1. The van der Waals surface area contributed by atoms with Gasteiger partial charge in [-0.15, -0.1) is 11.3 Å². The van der Waals surface area contributed by atoms with Crippen LogP contribution in [0.15, 0.2) is 29.6 Å². The van der Waals surface area contributed by atoms with Crippen molar-refractivity contribution in [2.24, 2.45) is 0 Å². The van der Waals surface area contributed by atoms with Gasteiger partial charge in [-0.2, -0.15) is 0 Å². The van der Waals surface area contributed by atoms with Crippen LogP contribution >= 0.6 is 11.3 Å². The van der Waals surface area contributed by atoms with E-state index in [9.17, 15) is 0 Å². The Morgan fingerprint density at radius 3 is 2.79 bits per heavy atom. The Kier molecular flexibility index (Phi) is 2.97. The Bertz CT molecular complexity index is 567. The molecule has 2 atom stereocenters. The maximum absolute atomic E-state index is 6.33. The highest BCUT2D eigenvalue weighted by Crippen LogP contribution is 2.34. The van der Waals surface area contributed by atoms with Crippen LogP contribution in [0.2, 0.25) is 0 Å². The van der Waals surface area contributed by atoms with Gasteiger partial charge >= 0.3 is 0 Å². The Morgan fingerprint density at radius 1 is 1.11 bits per heavy atom. The molecule has 3 heteroatoms. The number of hydrogen-bond donors (Lipinski definition) is 1. The predicted molar refractivity (Wildman–Crippen MR) is 80.0 cm³/mol. The Hall–Kier alpha value is -1.06. The molecule has 0 aliphatic carbocycles. The number of rotatable bonds is 2. The van der Waals surface area contributed by atoms with E-state index in [0.29, 0.717) is 18.2 Å². The lowest BCUT2D eigenvalue weighted by Crippen LogP contribution is -2.51. The summed E-state index contributed by atoms with van der Waals surface area (Å²) in [5.41, 5.74) is 0. The molecule has 1 aromatic heterocycles. The second-order valence-electron chi connectivity index (χ2n) is 5.80. The van der Waals surface area contributed by atoms with Gasteiger partial charge in [0.1, 0.15) is 11.9 Å². The fraction of sp³-hybridized carbons (Fsp3) is 0.500. The first-order chi connectivity index (χ1) is 9.38. The van der Waals surface area contributed by atoms with Crippen molar-refractivity contribution in [1.82, 2.24) is 5.32 Å². The first-order valence-corrected chi connectivity index (χ1v) is 8.15. The van der Waals surface area contributed by atoms with E-state index >= 15 is 0 Å². The molecule has 2 aromatic rings. The highest BCUT2D eigenvalue weighted by Gasteiger charge is 2.32. The first kappa shape index (κ1) is 11.7. The van der Waals surface area contributed by atoms with Gasteiger partial charge in [-0.25, -0.2) is 0 Å². The highest BCUT2D eigenvalue weighted by molar-refractivity contribution is 7.17. The monoisotopic (exact) mass is 273 g/mol. The van der Waals surface area contributed by atoms with Crippen molar-refractivity contribution in [3.63, 3.8) is 0 Å². The van der Waals surface area contributed by atoms with Gasteiger partial charge in [-0.3, -0.25) is 0 Å². The maximum Gasteiger partial charge on any atom is 0.137 e. The Balaban J connectivity index is 1.56. The number of ether oxygens (including phenoxy) is 1. The molecule has 0 spiro atoms. The summed E-state index contributed by atoms with van der Waals surface area (Å²) >= 11 is 1.78. The molecular weight excluding hydrogens is 254 g/mol. The average molecular weight is 273 g/mol. The minimum Gasteiger partial charge on any atom is -0.489 e. The van der Waals surface area contributed by atoms with Crippen LogP contribution in [0, 0.1) is 0 Å². The quantitative estimate of drug-likeness (QED) is 0.894. The third kappa shape index (κ3) is 2.26. The zero-order chi connectivity index (χ0) is 12.7. The molecule has 4 rings (SSSR count). The standard InChI is InChI=1S/C16H19NOS/c1-3-11-7-8-19-16(11)15(6-1)18-14-9-12-4-2-5-13(10-14)17-12/h1,3,6-8,12-14,17H,2,4-5,9-10H2. The molecule has 1 aromatic carbocycles. The largest absolute Gasteiger partial charge is 0.489 e. The van der Waals surface area contributed by atoms with Crippen LogP contribution in [0.25, 0.3) is 10.1 Å². The summed E-state index contributed by atoms with van der Waals surface area (Å²) in [4.78, 5) is 0. The Morgan fingerprint density at radius 2 is 1.95 bits per heavy atom. The summed E-state index contributed by atoms with van der Waals surface area (Å²) in [5, 5.41) is 7.17. The summed E-state index contributed by atoms with van der Waals surface area (Å²) in [6.07, 6.45) is 6.75. The van der Waals surface area contributed by atoms with Crippen LogP contribution in [-0.2, 0) is 0 Å². The number of fused-ring (bicyclic) bond motifs is 3. The minimum atomic E-state index is 0.393. The zero-order valence-electron chi connectivity index (χ0n) is 11.0. The predicted octanol–water partition coefficient (Wildman–Crippen LogP) is 3.95. The van der Waals surface area contributed by atoms with Gasteiger partial charge in [-0.1, -0.05) is 18.6 Å². The van der Waals surface area contributed by atoms with Crippen LogP contribution in [0.4, 0.5) is 0 Å². The highest BCUT2D eigenvalue weighted by atomic mass is 32.1. The third-order valence-electron chi connectivity index (χ3n) is 4.41. The normalized spacial score (nSPS) is 30.4. The molecule has 0 saturated carbocycles. The molecule has 0 radical (unpaired) electrons. The molecule has 2 bridgehead atoms. The molecule has 2 aliphatic rings. The summed E-state index contributed by atoms with van der Waals surface area (Å²) in [7, 11) is 0. The van der Waals surface area contributed by atoms with Gasteiger partial charge in [-0.05, 0) is 48.6 Å². The molecule has 2 fully saturated rings. The lowest BCUT2D eigenvalue weighted by molar-refractivity contribution is 0.0941. The van der Waals surface area contributed by atoms with E-state index in [1.807, 2.05) is 0 Å². The summed E-state index contributed by atoms with van der Waals surface area (Å²) in [6.45, 7) is 0. The van der Waals surface area contributed by atoms with Gasteiger partial charge in [0.15, 0.2) is 0 Å². The van der Waals surface area contributed by atoms with Crippen molar-refractivity contribution in [2.75, 3.05) is 0 Å². The number of benzene rings is 1. The summed E-state index contributed by atoms with van der Waals surface area (Å²) < 4.78 is 7.63. The van der Waals surface area contributed by atoms with Crippen molar-refractivity contribution in [1.29, 1.82) is 0 Å². The fourth-order valence-electron chi connectivity index (χ4n) is 3.55. The summed E-state index contributed by atoms with van der Waals surface area (Å²) in [6, 6.07) is 9.92. The second-order valence-corrected chi connectivity index (χ2v) is 6.71.